The second kappa shape index (κ2) is 8.14. The largest absolute Gasteiger partial charge is 0.497 e. The fraction of sp³-hybridized carbons (Fsp3) is 0.0400. The van der Waals surface area contributed by atoms with Gasteiger partial charge in [0.1, 0.15) is 10.6 Å². The Morgan fingerprint density at radius 2 is 1.61 bits per heavy atom. The Hall–Kier alpha value is -4.04. The van der Waals surface area contributed by atoms with E-state index in [4.69, 9.17) is 4.74 Å². The van der Waals surface area contributed by atoms with Crippen LogP contribution in [0.15, 0.2) is 81.7 Å². The molecule has 0 saturated heterocycles. The van der Waals surface area contributed by atoms with E-state index in [9.17, 15) is 18.4 Å². The average Bonchev–Trinajstić information content (AvgIpc) is 3.25. The van der Waals surface area contributed by atoms with Crippen LogP contribution in [-0.2, 0) is 0 Å². The number of fused-ring (bicyclic) bond motifs is 1. The molecule has 0 fully saturated rings. The lowest BCUT2D eigenvalue weighted by atomic mass is 10.0. The number of aromatic amines is 1. The summed E-state index contributed by atoms with van der Waals surface area (Å²) in [5, 5.41) is 2.20. The Bertz CT molecular complexity index is 1620. The standard InChI is InChI=1S/C25H16F2N2O3S/c1-32-18-4-2-3-17(12-18)29-24(30)22-19(13-33-23(22)28-25(29)31)15-7-5-14(6-8-15)16-9-10-20(26)21(27)11-16/h2-13H,1H3,(H,28,31). The van der Waals surface area contributed by atoms with Crippen molar-refractivity contribution in [1.29, 1.82) is 0 Å². The highest BCUT2D eigenvalue weighted by molar-refractivity contribution is 7.17. The van der Waals surface area contributed by atoms with Crippen LogP contribution in [0.5, 0.6) is 5.75 Å². The number of hydrogen-bond acceptors (Lipinski definition) is 4. The minimum atomic E-state index is -0.914. The summed E-state index contributed by atoms with van der Waals surface area (Å²) in [4.78, 5) is 29.3. The summed E-state index contributed by atoms with van der Waals surface area (Å²) in [6.45, 7) is 0. The first kappa shape index (κ1) is 20.8. The molecule has 0 aliphatic heterocycles. The minimum Gasteiger partial charge on any atom is -0.497 e. The van der Waals surface area contributed by atoms with Gasteiger partial charge in [-0.3, -0.25) is 9.78 Å². The SMILES string of the molecule is COc1cccc(-n2c(=O)[nH]c3scc(-c4ccc(-c5ccc(F)c(F)c5)cc4)c3c2=O)c1. The summed E-state index contributed by atoms with van der Waals surface area (Å²) in [5.41, 5.74) is 2.09. The normalized spacial score (nSPS) is 11.1. The lowest BCUT2D eigenvalue weighted by molar-refractivity contribution is 0.414. The number of halogens is 2. The van der Waals surface area contributed by atoms with Crippen molar-refractivity contribution in [3.8, 4) is 33.7 Å². The highest BCUT2D eigenvalue weighted by Gasteiger charge is 2.16. The van der Waals surface area contributed by atoms with Gasteiger partial charge in [0.05, 0.1) is 18.2 Å². The van der Waals surface area contributed by atoms with Crippen molar-refractivity contribution in [3.63, 3.8) is 0 Å². The van der Waals surface area contributed by atoms with Crippen LogP contribution >= 0.6 is 11.3 Å². The smallest absolute Gasteiger partial charge is 0.334 e. The first-order valence-electron chi connectivity index (χ1n) is 9.93. The monoisotopic (exact) mass is 462 g/mol. The Labute approximate surface area is 190 Å². The van der Waals surface area contributed by atoms with Crippen LogP contribution in [0.25, 0.3) is 38.2 Å². The van der Waals surface area contributed by atoms with Crippen molar-refractivity contribution < 1.29 is 13.5 Å². The van der Waals surface area contributed by atoms with Crippen molar-refractivity contribution in [2.75, 3.05) is 7.11 Å². The van der Waals surface area contributed by atoms with Gasteiger partial charge in [0, 0.05) is 17.0 Å². The van der Waals surface area contributed by atoms with E-state index in [0.717, 1.165) is 22.3 Å². The second-order valence-corrected chi connectivity index (χ2v) is 8.21. The number of ether oxygens (including phenoxy) is 1. The second-order valence-electron chi connectivity index (χ2n) is 7.33. The number of methoxy groups -OCH3 is 1. The molecule has 8 heteroatoms. The van der Waals surface area contributed by atoms with Gasteiger partial charge in [-0.2, -0.15) is 0 Å². The number of hydrogen-bond donors (Lipinski definition) is 1. The van der Waals surface area contributed by atoms with Gasteiger partial charge >= 0.3 is 5.69 Å². The molecule has 2 heterocycles. The van der Waals surface area contributed by atoms with E-state index < -0.39 is 22.9 Å². The zero-order valence-electron chi connectivity index (χ0n) is 17.3. The van der Waals surface area contributed by atoms with Crippen molar-refractivity contribution >= 4 is 21.6 Å². The summed E-state index contributed by atoms with van der Waals surface area (Å²) >= 11 is 1.27. The molecule has 3 aromatic carbocycles. The van der Waals surface area contributed by atoms with Crippen LogP contribution < -0.4 is 16.0 Å². The maximum Gasteiger partial charge on any atom is 0.334 e. The molecular weight excluding hydrogens is 446 g/mol. The van der Waals surface area contributed by atoms with Crippen LogP contribution in [-0.4, -0.2) is 16.7 Å². The van der Waals surface area contributed by atoms with Gasteiger partial charge in [-0.05, 0) is 41.0 Å². The first-order chi connectivity index (χ1) is 16.0. The van der Waals surface area contributed by atoms with Gasteiger partial charge in [-0.15, -0.1) is 11.3 Å². The van der Waals surface area contributed by atoms with Gasteiger partial charge in [-0.1, -0.05) is 36.4 Å². The molecule has 33 heavy (non-hydrogen) atoms. The van der Waals surface area contributed by atoms with Crippen molar-refractivity contribution in [2.24, 2.45) is 0 Å². The molecule has 0 spiro atoms. The topological polar surface area (TPSA) is 64.1 Å². The van der Waals surface area contributed by atoms with Crippen molar-refractivity contribution in [3.05, 3.63) is 105 Å². The number of nitrogens with one attached hydrogen (secondary N) is 1. The number of aromatic nitrogens is 2. The maximum atomic E-state index is 13.6. The zero-order valence-corrected chi connectivity index (χ0v) is 18.1. The molecule has 1 N–H and O–H groups in total. The quantitative estimate of drug-likeness (QED) is 0.391. The first-order valence-corrected chi connectivity index (χ1v) is 10.8. The lowest BCUT2D eigenvalue weighted by Crippen LogP contribution is -2.33. The lowest BCUT2D eigenvalue weighted by Gasteiger charge is -2.08. The van der Waals surface area contributed by atoms with Gasteiger partial charge in [0.2, 0.25) is 0 Å². The third-order valence-corrected chi connectivity index (χ3v) is 6.29. The summed E-state index contributed by atoms with van der Waals surface area (Å²) < 4.78 is 33.1. The Morgan fingerprint density at radius 1 is 0.879 bits per heavy atom. The molecule has 0 aliphatic rings. The Morgan fingerprint density at radius 3 is 2.33 bits per heavy atom. The highest BCUT2D eigenvalue weighted by atomic mass is 32.1. The molecule has 0 bridgehead atoms. The molecule has 0 amide bonds. The van der Waals surface area contributed by atoms with Crippen LogP contribution in [0.3, 0.4) is 0 Å². The van der Waals surface area contributed by atoms with E-state index in [2.05, 4.69) is 4.98 Å². The van der Waals surface area contributed by atoms with Crippen LogP contribution in [0, 0.1) is 11.6 Å². The van der Waals surface area contributed by atoms with Crippen molar-refractivity contribution in [2.45, 2.75) is 0 Å². The van der Waals surface area contributed by atoms with Crippen molar-refractivity contribution in [1.82, 2.24) is 9.55 Å². The molecule has 0 aliphatic carbocycles. The number of benzene rings is 3. The Kier molecular flexibility index (Phi) is 5.14. The number of thiophene rings is 1. The minimum absolute atomic E-state index is 0.392. The van der Waals surface area contributed by atoms with E-state index >= 15 is 0 Å². The highest BCUT2D eigenvalue weighted by Crippen LogP contribution is 2.32. The zero-order chi connectivity index (χ0) is 23.1. The predicted octanol–water partition coefficient (Wildman–Crippen LogP) is 5.36. The molecule has 5 rings (SSSR count). The molecule has 5 nitrogen and oxygen atoms in total. The maximum absolute atomic E-state index is 13.6. The summed E-state index contributed by atoms with van der Waals surface area (Å²) in [6, 6.07) is 17.6. The molecule has 164 valence electrons. The number of rotatable bonds is 4. The van der Waals surface area contributed by atoms with E-state index in [-0.39, 0.29) is 0 Å². The summed E-state index contributed by atoms with van der Waals surface area (Å²) in [5.74, 6) is -1.29. The Balaban J connectivity index is 1.63. The van der Waals surface area contributed by atoms with Gasteiger partial charge < -0.3 is 4.74 Å². The molecule has 2 aromatic heterocycles. The van der Waals surface area contributed by atoms with E-state index in [0.29, 0.717) is 38.3 Å². The average molecular weight is 462 g/mol. The molecule has 0 saturated carbocycles. The molecule has 0 atom stereocenters. The van der Waals surface area contributed by atoms with Crippen LogP contribution in [0.2, 0.25) is 0 Å². The van der Waals surface area contributed by atoms with Crippen LogP contribution in [0.1, 0.15) is 0 Å². The predicted molar refractivity (Wildman–Crippen MR) is 125 cm³/mol. The van der Waals surface area contributed by atoms with Crippen LogP contribution in [0.4, 0.5) is 8.78 Å². The molecular formula is C25H16F2N2O3S. The summed E-state index contributed by atoms with van der Waals surface area (Å²) in [6.07, 6.45) is 0. The molecule has 0 unspecified atom stereocenters. The van der Waals surface area contributed by atoms with E-state index in [1.165, 1.54) is 24.5 Å². The fourth-order valence-corrected chi connectivity index (χ4v) is 4.68. The van der Waals surface area contributed by atoms with E-state index in [1.54, 1.807) is 48.5 Å². The third kappa shape index (κ3) is 3.64. The number of nitrogens with zero attached hydrogens (tertiary/aromatic N) is 1. The third-order valence-electron chi connectivity index (χ3n) is 5.39. The van der Waals surface area contributed by atoms with E-state index in [1.807, 2.05) is 5.38 Å². The fourth-order valence-electron chi connectivity index (χ4n) is 3.73. The van der Waals surface area contributed by atoms with Gasteiger partial charge in [0.15, 0.2) is 11.6 Å². The summed E-state index contributed by atoms with van der Waals surface area (Å²) in [7, 11) is 1.51. The molecule has 5 aromatic rings. The number of H-pyrrole nitrogens is 1. The van der Waals surface area contributed by atoms with Gasteiger partial charge in [0.25, 0.3) is 5.56 Å². The van der Waals surface area contributed by atoms with Gasteiger partial charge in [-0.25, -0.2) is 18.1 Å². The molecule has 0 radical (unpaired) electrons.